The van der Waals surface area contributed by atoms with Gasteiger partial charge in [0.25, 0.3) is 0 Å². The third kappa shape index (κ3) is 8.92. The molecule has 0 unspecified atom stereocenters. The predicted molar refractivity (Wildman–Crippen MR) is 113 cm³/mol. The molecule has 154 valence electrons. The Hall–Kier alpha value is -3.35. The predicted octanol–water partition coefficient (Wildman–Crippen LogP) is 3.72. The average molecular weight is 397 g/mol. The van der Waals surface area contributed by atoms with Gasteiger partial charge < -0.3 is 20.7 Å². The molecule has 0 fully saturated rings. The van der Waals surface area contributed by atoms with Gasteiger partial charge in [-0.15, -0.1) is 0 Å². The van der Waals surface area contributed by atoms with Crippen LogP contribution in [0.5, 0.6) is 0 Å². The summed E-state index contributed by atoms with van der Waals surface area (Å²) in [6.45, 7) is 5.03. The Morgan fingerprint density at radius 2 is 1.38 bits per heavy atom. The van der Waals surface area contributed by atoms with Gasteiger partial charge in [-0.1, -0.05) is 30.3 Å². The molecule has 0 aliphatic rings. The van der Waals surface area contributed by atoms with Gasteiger partial charge in [-0.3, -0.25) is 9.59 Å². The number of aryl methyl sites for hydroxylation is 1. The average Bonchev–Trinajstić information content (AvgIpc) is 2.66. The summed E-state index contributed by atoms with van der Waals surface area (Å²) in [5, 5.41) is 7.89. The van der Waals surface area contributed by atoms with Crippen molar-refractivity contribution >= 4 is 29.3 Å². The van der Waals surface area contributed by atoms with E-state index >= 15 is 0 Å². The quantitative estimate of drug-likeness (QED) is 0.663. The number of nitrogens with one attached hydrogen (secondary N) is 3. The molecule has 3 N–H and O–H groups in total. The first-order valence-electron chi connectivity index (χ1n) is 9.42. The molecular formula is C22H27N3O4. The number of carbonyl (C=O) groups is 3. The van der Waals surface area contributed by atoms with Crippen LogP contribution in [0.3, 0.4) is 0 Å². The molecule has 2 aromatic carbocycles. The first-order chi connectivity index (χ1) is 13.7. The van der Waals surface area contributed by atoms with Crippen molar-refractivity contribution in [1.29, 1.82) is 0 Å². The fraction of sp³-hybridized carbons (Fsp3) is 0.318. The normalized spacial score (nSPS) is 10.7. The van der Waals surface area contributed by atoms with Crippen molar-refractivity contribution in [2.24, 2.45) is 0 Å². The monoisotopic (exact) mass is 397 g/mol. The van der Waals surface area contributed by atoms with Crippen molar-refractivity contribution < 1.29 is 19.1 Å². The second-order valence-corrected chi connectivity index (χ2v) is 7.51. The van der Waals surface area contributed by atoms with Gasteiger partial charge in [0.1, 0.15) is 12.1 Å². The molecule has 0 bridgehead atoms. The zero-order valence-corrected chi connectivity index (χ0v) is 17.0. The Morgan fingerprint density at radius 1 is 0.828 bits per heavy atom. The van der Waals surface area contributed by atoms with Gasteiger partial charge in [-0.25, -0.2) is 4.79 Å². The molecule has 0 radical (unpaired) electrons. The summed E-state index contributed by atoms with van der Waals surface area (Å²) in [6.07, 6.45) is 0.408. The number of ether oxygens (including phenoxy) is 1. The standard InChI is InChI=1S/C22H27N3O4/c1-22(2,3)29-21(28)23-15-20(27)25-18-12-10-17(11-13-18)24-19(26)14-9-16-7-5-4-6-8-16/h4-8,10-13H,9,14-15H2,1-3H3,(H,23,28)(H,24,26)(H,25,27). The number of benzene rings is 2. The summed E-state index contributed by atoms with van der Waals surface area (Å²) in [5.41, 5.74) is 1.69. The molecule has 0 aromatic heterocycles. The Morgan fingerprint density at radius 3 is 1.93 bits per heavy atom. The fourth-order valence-corrected chi connectivity index (χ4v) is 2.43. The van der Waals surface area contributed by atoms with Crippen LogP contribution < -0.4 is 16.0 Å². The third-order valence-electron chi connectivity index (χ3n) is 3.73. The molecule has 7 nitrogen and oxygen atoms in total. The van der Waals surface area contributed by atoms with E-state index in [2.05, 4.69) is 16.0 Å². The molecule has 0 aliphatic carbocycles. The number of alkyl carbamates (subject to hydrolysis) is 1. The molecule has 0 atom stereocenters. The Labute approximate surface area is 170 Å². The van der Waals surface area contributed by atoms with Crippen LogP contribution in [0.25, 0.3) is 0 Å². The number of rotatable bonds is 7. The SMILES string of the molecule is CC(C)(C)OC(=O)NCC(=O)Nc1ccc(NC(=O)CCc2ccccc2)cc1. The number of carbonyl (C=O) groups excluding carboxylic acids is 3. The third-order valence-corrected chi connectivity index (χ3v) is 3.73. The fourth-order valence-electron chi connectivity index (χ4n) is 2.43. The Kier molecular flexibility index (Phi) is 7.77. The molecule has 0 saturated carbocycles. The van der Waals surface area contributed by atoms with Gasteiger partial charge in [0.15, 0.2) is 0 Å². The van der Waals surface area contributed by atoms with Gasteiger partial charge >= 0.3 is 6.09 Å². The van der Waals surface area contributed by atoms with Crippen molar-refractivity contribution in [1.82, 2.24) is 5.32 Å². The summed E-state index contributed by atoms with van der Waals surface area (Å²) in [6, 6.07) is 16.6. The Bertz CT molecular complexity index is 827. The van der Waals surface area contributed by atoms with E-state index in [1.807, 2.05) is 30.3 Å². The van der Waals surface area contributed by atoms with Gasteiger partial charge in [-0.05, 0) is 57.0 Å². The highest BCUT2D eigenvalue weighted by Gasteiger charge is 2.16. The van der Waals surface area contributed by atoms with Gasteiger partial charge in [0.2, 0.25) is 11.8 Å². The first-order valence-corrected chi connectivity index (χ1v) is 9.42. The number of hydrogen-bond donors (Lipinski definition) is 3. The topological polar surface area (TPSA) is 96.5 Å². The van der Waals surface area contributed by atoms with Crippen LogP contribution >= 0.6 is 0 Å². The van der Waals surface area contributed by atoms with Crippen LogP contribution in [0.1, 0.15) is 32.8 Å². The lowest BCUT2D eigenvalue weighted by atomic mass is 10.1. The summed E-state index contributed by atoms with van der Waals surface area (Å²) in [4.78, 5) is 35.5. The van der Waals surface area contributed by atoms with Crippen molar-refractivity contribution in [3.8, 4) is 0 Å². The van der Waals surface area contributed by atoms with Crippen LogP contribution in [-0.2, 0) is 20.7 Å². The minimum atomic E-state index is -0.652. The van der Waals surface area contributed by atoms with E-state index < -0.39 is 11.7 Å². The van der Waals surface area contributed by atoms with Crippen molar-refractivity contribution in [3.05, 3.63) is 60.2 Å². The maximum Gasteiger partial charge on any atom is 0.408 e. The van der Waals surface area contributed by atoms with Crippen molar-refractivity contribution in [3.63, 3.8) is 0 Å². The Balaban J connectivity index is 1.74. The van der Waals surface area contributed by atoms with Crippen LogP contribution in [0.15, 0.2) is 54.6 Å². The molecule has 0 aliphatic heterocycles. The molecule has 29 heavy (non-hydrogen) atoms. The summed E-state index contributed by atoms with van der Waals surface area (Å²) < 4.78 is 5.07. The van der Waals surface area contributed by atoms with Gasteiger partial charge in [0, 0.05) is 17.8 Å². The van der Waals surface area contributed by atoms with E-state index in [0.717, 1.165) is 5.56 Å². The minimum absolute atomic E-state index is 0.0767. The lowest BCUT2D eigenvalue weighted by Crippen LogP contribution is -2.37. The number of anilines is 2. The molecule has 7 heteroatoms. The van der Waals surface area contributed by atoms with Gasteiger partial charge in [-0.2, -0.15) is 0 Å². The first kappa shape index (κ1) is 21.9. The van der Waals surface area contributed by atoms with Gasteiger partial charge in [0.05, 0.1) is 0 Å². The number of hydrogen-bond acceptors (Lipinski definition) is 4. The van der Waals surface area contributed by atoms with Crippen molar-refractivity contribution in [2.45, 2.75) is 39.2 Å². The molecule has 0 spiro atoms. The lowest BCUT2D eigenvalue weighted by molar-refractivity contribution is -0.116. The molecule has 0 saturated heterocycles. The summed E-state index contributed by atoms with van der Waals surface area (Å²) in [5.74, 6) is -0.456. The highest BCUT2D eigenvalue weighted by molar-refractivity contribution is 5.94. The highest BCUT2D eigenvalue weighted by atomic mass is 16.6. The van der Waals surface area contributed by atoms with E-state index in [4.69, 9.17) is 4.74 Å². The van der Waals surface area contributed by atoms with Crippen molar-refractivity contribution in [2.75, 3.05) is 17.2 Å². The maximum absolute atomic E-state index is 12.1. The number of amides is 3. The lowest BCUT2D eigenvalue weighted by Gasteiger charge is -2.19. The smallest absolute Gasteiger partial charge is 0.408 e. The van der Waals surface area contributed by atoms with Crippen LogP contribution in [0.4, 0.5) is 16.2 Å². The summed E-state index contributed by atoms with van der Waals surface area (Å²) in [7, 11) is 0. The van der Waals surface area contributed by atoms with E-state index in [1.165, 1.54) is 0 Å². The zero-order chi connectivity index (χ0) is 21.3. The summed E-state index contributed by atoms with van der Waals surface area (Å²) >= 11 is 0. The zero-order valence-electron chi connectivity index (χ0n) is 17.0. The van der Waals surface area contributed by atoms with E-state index in [0.29, 0.717) is 24.2 Å². The van der Waals surface area contributed by atoms with E-state index in [1.54, 1.807) is 45.0 Å². The molecular weight excluding hydrogens is 370 g/mol. The minimum Gasteiger partial charge on any atom is -0.444 e. The molecule has 0 heterocycles. The molecule has 2 aromatic rings. The highest BCUT2D eigenvalue weighted by Crippen LogP contribution is 2.14. The van der Waals surface area contributed by atoms with Crippen LogP contribution in [-0.4, -0.2) is 30.1 Å². The second-order valence-electron chi connectivity index (χ2n) is 7.51. The van der Waals surface area contributed by atoms with E-state index in [9.17, 15) is 14.4 Å². The van der Waals surface area contributed by atoms with Crippen LogP contribution in [0, 0.1) is 0 Å². The van der Waals surface area contributed by atoms with E-state index in [-0.39, 0.29) is 18.4 Å². The maximum atomic E-state index is 12.1. The largest absolute Gasteiger partial charge is 0.444 e. The molecule has 2 rings (SSSR count). The second kappa shape index (κ2) is 10.3. The van der Waals surface area contributed by atoms with Crippen LogP contribution in [0.2, 0.25) is 0 Å². The molecule has 3 amide bonds.